The molecule has 1 aromatic heterocycles. The standard InChI is InChI=1S/C23H29N3O3/c1-16(2)14-25-11-9-18(10-12-25)29-21-8-7-17(13-24-21)15-26-22(27)19-5-3-4-6-20(19)23(26)28/h3-8,13,16,18,22,27H,9-12,14-15H2,1-2H3. The van der Waals surface area contributed by atoms with Gasteiger partial charge in [-0.25, -0.2) is 4.98 Å². The smallest absolute Gasteiger partial charge is 0.256 e. The number of aliphatic hydroxyl groups excluding tert-OH is 1. The van der Waals surface area contributed by atoms with Gasteiger partial charge in [0.25, 0.3) is 5.91 Å². The SMILES string of the molecule is CC(C)CN1CCC(Oc2ccc(CN3C(=O)c4ccccc4C3O)cn2)CC1. The summed E-state index contributed by atoms with van der Waals surface area (Å²) in [6, 6.07) is 11.0. The number of fused-ring (bicyclic) bond motifs is 1. The minimum atomic E-state index is -0.911. The number of aromatic nitrogens is 1. The highest BCUT2D eigenvalue weighted by atomic mass is 16.5. The summed E-state index contributed by atoms with van der Waals surface area (Å²) in [5.74, 6) is 1.16. The monoisotopic (exact) mass is 395 g/mol. The summed E-state index contributed by atoms with van der Waals surface area (Å²) in [7, 11) is 0. The van der Waals surface area contributed by atoms with Crippen LogP contribution in [0.25, 0.3) is 0 Å². The molecule has 3 heterocycles. The molecule has 0 bridgehead atoms. The molecular formula is C23H29N3O3. The number of aliphatic hydroxyl groups is 1. The third-order valence-corrected chi connectivity index (χ3v) is 5.62. The average Bonchev–Trinajstić information content (AvgIpc) is 2.96. The fourth-order valence-electron chi connectivity index (χ4n) is 4.18. The molecule has 0 spiro atoms. The number of hydrogen-bond acceptors (Lipinski definition) is 5. The topological polar surface area (TPSA) is 65.9 Å². The molecule has 6 nitrogen and oxygen atoms in total. The third kappa shape index (κ3) is 4.43. The average molecular weight is 396 g/mol. The zero-order valence-electron chi connectivity index (χ0n) is 17.1. The van der Waals surface area contributed by atoms with Gasteiger partial charge in [0.15, 0.2) is 6.23 Å². The number of nitrogens with zero attached hydrogens (tertiary/aromatic N) is 3. The van der Waals surface area contributed by atoms with E-state index < -0.39 is 6.23 Å². The van der Waals surface area contributed by atoms with Crippen molar-refractivity contribution < 1.29 is 14.6 Å². The number of rotatable bonds is 6. The Kier molecular flexibility index (Phi) is 5.83. The van der Waals surface area contributed by atoms with E-state index in [4.69, 9.17) is 4.74 Å². The van der Waals surface area contributed by atoms with Crippen molar-refractivity contribution in [1.82, 2.24) is 14.8 Å². The van der Waals surface area contributed by atoms with E-state index in [1.165, 1.54) is 4.90 Å². The summed E-state index contributed by atoms with van der Waals surface area (Å²) in [5.41, 5.74) is 2.09. The van der Waals surface area contributed by atoms with Crippen LogP contribution in [0, 0.1) is 5.92 Å². The zero-order chi connectivity index (χ0) is 20.4. The summed E-state index contributed by atoms with van der Waals surface area (Å²) >= 11 is 0. The largest absolute Gasteiger partial charge is 0.474 e. The molecule has 1 aromatic carbocycles. The first-order chi connectivity index (χ1) is 14.0. The van der Waals surface area contributed by atoms with Gasteiger partial charge in [0.05, 0.1) is 6.54 Å². The van der Waals surface area contributed by atoms with Crippen molar-refractivity contribution in [2.45, 2.75) is 45.6 Å². The number of benzene rings is 1. The van der Waals surface area contributed by atoms with E-state index in [0.29, 0.717) is 29.5 Å². The fourth-order valence-corrected chi connectivity index (χ4v) is 4.18. The maximum absolute atomic E-state index is 12.6. The molecule has 1 N–H and O–H groups in total. The molecule has 2 aliphatic rings. The highest BCUT2D eigenvalue weighted by molar-refractivity contribution is 5.98. The lowest BCUT2D eigenvalue weighted by atomic mass is 10.1. The molecule has 2 aliphatic heterocycles. The van der Waals surface area contributed by atoms with Crippen LogP contribution in [0.4, 0.5) is 0 Å². The second-order valence-electron chi connectivity index (χ2n) is 8.41. The first-order valence-corrected chi connectivity index (χ1v) is 10.4. The molecule has 1 atom stereocenters. The van der Waals surface area contributed by atoms with E-state index in [1.54, 1.807) is 18.3 Å². The van der Waals surface area contributed by atoms with Gasteiger partial charge in [0, 0.05) is 43.0 Å². The summed E-state index contributed by atoms with van der Waals surface area (Å²) < 4.78 is 6.06. The highest BCUT2D eigenvalue weighted by Gasteiger charge is 2.35. The molecule has 6 heteroatoms. The van der Waals surface area contributed by atoms with Crippen molar-refractivity contribution in [1.29, 1.82) is 0 Å². The number of amides is 1. The van der Waals surface area contributed by atoms with Gasteiger partial charge in [-0.15, -0.1) is 0 Å². The summed E-state index contributed by atoms with van der Waals surface area (Å²) in [6.07, 6.45) is 3.05. The Bertz CT molecular complexity index is 845. The third-order valence-electron chi connectivity index (χ3n) is 5.62. The highest BCUT2D eigenvalue weighted by Crippen LogP contribution is 2.32. The van der Waals surface area contributed by atoms with Crippen LogP contribution in [0.5, 0.6) is 5.88 Å². The minimum Gasteiger partial charge on any atom is -0.474 e. The van der Waals surface area contributed by atoms with Gasteiger partial charge in [-0.05, 0) is 30.4 Å². The van der Waals surface area contributed by atoms with Crippen LogP contribution >= 0.6 is 0 Å². The van der Waals surface area contributed by atoms with Crippen molar-refractivity contribution >= 4 is 5.91 Å². The van der Waals surface area contributed by atoms with Gasteiger partial charge in [-0.1, -0.05) is 38.1 Å². The minimum absolute atomic E-state index is 0.151. The van der Waals surface area contributed by atoms with Crippen molar-refractivity contribution in [2.75, 3.05) is 19.6 Å². The van der Waals surface area contributed by atoms with Gasteiger partial charge < -0.3 is 19.6 Å². The Balaban J connectivity index is 1.32. The Labute approximate surface area is 172 Å². The van der Waals surface area contributed by atoms with Crippen molar-refractivity contribution in [3.63, 3.8) is 0 Å². The van der Waals surface area contributed by atoms with E-state index in [2.05, 4.69) is 23.7 Å². The van der Waals surface area contributed by atoms with Crippen LogP contribution in [-0.2, 0) is 6.54 Å². The maximum atomic E-state index is 12.6. The molecule has 4 rings (SSSR count). The van der Waals surface area contributed by atoms with Gasteiger partial charge in [-0.3, -0.25) is 4.79 Å². The number of likely N-dealkylation sites (tertiary alicyclic amines) is 1. The maximum Gasteiger partial charge on any atom is 0.256 e. The predicted molar refractivity (Wildman–Crippen MR) is 110 cm³/mol. The van der Waals surface area contributed by atoms with Gasteiger partial charge >= 0.3 is 0 Å². The molecule has 1 amide bonds. The van der Waals surface area contributed by atoms with Gasteiger partial charge in [0.1, 0.15) is 6.10 Å². The van der Waals surface area contributed by atoms with Crippen molar-refractivity contribution in [2.24, 2.45) is 5.92 Å². The van der Waals surface area contributed by atoms with Crippen LogP contribution in [0.1, 0.15) is 54.4 Å². The normalized spacial score (nSPS) is 20.3. The number of ether oxygens (including phenoxy) is 1. The van der Waals surface area contributed by atoms with Crippen LogP contribution < -0.4 is 4.74 Å². The molecule has 2 aromatic rings. The zero-order valence-corrected chi connectivity index (χ0v) is 17.1. The molecule has 154 valence electrons. The van der Waals surface area contributed by atoms with Crippen LogP contribution in [-0.4, -0.2) is 51.5 Å². The molecule has 0 radical (unpaired) electrons. The van der Waals surface area contributed by atoms with E-state index in [1.807, 2.05) is 24.3 Å². The number of hydrogen-bond donors (Lipinski definition) is 1. The quantitative estimate of drug-likeness (QED) is 0.814. The molecule has 0 saturated carbocycles. The van der Waals surface area contributed by atoms with E-state index in [-0.39, 0.29) is 12.0 Å². The lowest BCUT2D eigenvalue weighted by Crippen LogP contribution is -2.40. The first-order valence-electron chi connectivity index (χ1n) is 10.4. The van der Waals surface area contributed by atoms with E-state index in [0.717, 1.165) is 38.0 Å². The van der Waals surface area contributed by atoms with E-state index in [9.17, 15) is 9.90 Å². The van der Waals surface area contributed by atoms with Crippen molar-refractivity contribution in [3.05, 3.63) is 59.3 Å². The molecule has 0 aliphatic carbocycles. The van der Waals surface area contributed by atoms with Gasteiger partial charge in [0.2, 0.25) is 5.88 Å². The summed E-state index contributed by atoms with van der Waals surface area (Å²) in [6.45, 7) is 8.09. The Hall–Kier alpha value is -2.44. The number of carbonyl (C=O) groups excluding carboxylic acids is 1. The molecule has 1 unspecified atom stereocenters. The Morgan fingerprint density at radius 1 is 1.17 bits per heavy atom. The number of pyridine rings is 1. The van der Waals surface area contributed by atoms with Gasteiger partial charge in [-0.2, -0.15) is 0 Å². The lowest BCUT2D eigenvalue weighted by Gasteiger charge is -2.32. The molecule has 29 heavy (non-hydrogen) atoms. The molecule has 1 fully saturated rings. The second-order valence-corrected chi connectivity index (χ2v) is 8.41. The number of carbonyl (C=O) groups is 1. The van der Waals surface area contributed by atoms with Crippen LogP contribution in [0.2, 0.25) is 0 Å². The Morgan fingerprint density at radius 2 is 1.93 bits per heavy atom. The summed E-state index contributed by atoms with van der Waals surface area (Å²) in [5, 5.41) is 10.5. The fraction of sp³-hybridized carbons (Fsp3) is 0.478. The van der Waals surface area contributed by atoms with E-state index >= 15 is 0 Å². The van der Waals surface area contributed by atoms with Crippen molar-refractivity contribution in [3.8, 4) is 5.88 Å². The second kappa shape index (κ2) is 8.51. The summed E-state index contributed by atoms with van der Waals surface area (Å²) in [4.78, 5) is 20.9. The predicted octanol–water partition coefficient (Wildman–Crippen LogP) is 3.23. The molecule has 1 saturated heterocycles. The number of piperidine rings is 1. The Morgan fingerprint density at radius 3 is 2.59 bits per heavy atom. The van der Waals surface area contributed by atoms with Crippen LogP contribution in [0.3, 0.4) is 0 Å². The molecular weight excluding hydrogens is 366 g/mol. The lowest BCUT2D eigenvalue weighted by molar-refractivity contribution is 0.0137. The first kappa shape index (κ1) is 19.9. The van der Waals surface area contributed by atoms with Crippen LogP contribution in [0.15, 0.2) is 42.6 Å².